The second kappa shape index (κ2) is 7.94. The summed E-state index contributed by atoms with van der Waals surface area (Å²) in [5.41, 5.74) is -0.0276. The quantitative estimate of drug-likeness (QED) is 0.686. The van der Waals surface area contributed by atoms with E-state index in [1.807, 2.05) is 0 Å². The van der Waals surface area contributed by atoms with E-state index in [0.717, 1.165) is 24.8 Å². The van der Waals surface area contributed by atoms with Crippen molar-refractivity contribution in [3.05, 3.63) is 0 Å². The van der Waals surface area contributed by atoms with Crippen LogP contribution in [0.25, 0.3) is 0 Å². The van der Waals surface area contributed by atoms with Gasteiger partial charge in [0.15, 0.2) is 0 Å². The molecule has 0 aromatic heterocycles. The first kappa shape index (κ1) is 17.2. The van der Waals surface area contributed by atoms with Crippen molar-refractivity contribution < 1.29 is 5.11 Å². The average Bonchev–Trinajstić information content (AvgIpc) is 3.30. The molecule has 3 nitrogen and oxygen atoms in total. The average molecular weight is 296 g/mol. The molecular formula is C18H36N2O. The van der Waals surface area contributed by atoms with Crippen molar-refractivity contribution >= 4 is 0 Å². The van der Waals surface area contributed by atoms with Crippen molar-refractivity contribution in [3.63, 3.8) is 0 Å². The fourth-order valence-corrected chi connectivity index (χ4v) is 4.03. The van der Waals surface area contributed by atoms with Crippen molar-refractivity contribution in [1.82, 2.24) is 10.2 Å². The highest BCUT2D eigenvalue weighted by molar-refractivity contribution is 4.94. The van der Waals surface area contributed by atoms with Gasteiger partial charge in [0.25, 0.3) is 0 Å². The first-order valence-corrected chi connectivity index (χ1v) is 9.19. The molecule has 0 aromatic rings. The highest BCUT2D eigenvalue weighted by Crippen LogP contribution is 2.29. The largest absolute Gasteiger partial charge is 0.394 e. The molecule has 2 aliphatic carbocycles. The molecule has 3 unspecified atom stereocenters. The molecular weight excluding hydrogens is 260 g/mol. The second-order valence-corrected chi connectivity index (χ2v) is 7.62. The molecule has 0 aromatic carbocycles. The lowest BCUT2D eigenvalue weighted by molar-refractivity contribution is 0.115. The van der Waals surface area contributed by atoms with E-state index in [9.17, 15) is 5.11 Å². The molecule has 0 saturated heterocycles. The third-order valence-corrected chi connectivity index (χ3v) is 5.87. The van der Waals surface area contributed by atoms with Gasteiger partial charge < -0.3 is 15.3 Å². The summed E-state index contributed by atoms with van der Waals surface area (Å²) < 4.78 is 0. The van der Waals surface area contributed by atoms with Crippen LogP contribution in [0.5, 0.6) is 0 Å². The summed E-state index contributed by atoms with van der Waals surface area (Å²) in [6, 6.07) is 1.45. The van der Waals surface area contributed by atoms with Crippen LogP contribution >= 0.6 is 0 Å². The van der Waals surface area contributed by atoms with E-state index in [1.54, 1.807) is 0 Å². The summed E-state index contributed by atoms with van der Waals surface area (Å²) in [7, 11) is 2.30. The number of rotatable bonds is 9. The molecule has 3 heteroatoms. The van der Waals surface area contributed by atoms with Crippen LogP contribution in [-0.4, -0.2) is 47.8 Å². The Morgan fingerprint density at radius 2 is 1.90 bits per heavy atom. The van der Waals surface area contributed by atoms with Crippen molar-refractivity contribution in [3.8, 4) is 0 Å². The number of aliphatic hydroxyl groups excluding tert-OH is 1. The Morgan fingerprint density at radius 3 is 2.48 bits per heavy atom. The summed E-state index contributed by atoms with van der Waals surface area (Å²) in [5, 5.41) is 13.5. The van der Waals surface area contributed by atoms with Crippen molar-refractivity contribution in [1.29, 1.82) is 0 Å². The Hall–Kier alpha value is -0.120. The minimum atomic E-state index is -0.0276. The van der Waals surface area contributed by atoms with Gasteiger partial charge in [0, 0.05) is 17.6 Å². The van der Waals surface area contributed by atoms with Gasteiger partial charge in [-0.15, -0.1) is 0 Å². The zero-order valence-electron chi connectivity index (χ0n) is 14.4. The first-order valence-electron chi connectivity index (χ1n) is 9.19. The Kier molecular flexibility index (Phi) is 6.51. The van der Waals surface area contributed by atoms with E-state index in [2.05, 4.69) is 31.1 Å². The maximum Gasteiger partial charge on any atom is 0.0613 e. The van der Waals surface area contributed by atoms with Crippen LogP contribution in [0.4, 0.5) is 0 Å². The van der Waals surface area contributed by atoms with Gasteiger partial charge in [0.1, 0.15) is 0 Å². The van der Waals surface area contributed by atoms with Crippen LogP contribution in [0.3, 0.4) is 0 Å². The van der Waals surface area contributed by atoms with E-state index < -0.39 is 0 Å². The molecule has 0 bridgehead atoms. The summed E-state index contributed by atoms with van der Waals surface area (Å²) in [5.74, 6) is 0.849. The van der Waals surface area contributed by atoms with Gasteiger partial charge >= 0.3 is 0 Å². The maximum absolute atomic E-state index is 9.83. The second-order valence-electron chi connectivity index (χ2n) is 7.62. The van der Waals surface area contributed by atoms with E-state index in [4.69, 9.17) is 0 Å². The predicted molar refractivity (Wildman–Crippen MR) is 89.5 cm³/mol. The SMILES string of the molecule is CCC(CO)(CCCN(C)C1CCCCC1C)NC1CC1. The summed E-state index contributed by atoms with van der Waals surface area (Å²) in [6.45, 7) is 6.07. The lowest BCUT2D eigenvalue weighted by atomic mass is 9.84. The molecule has 2 aliphatic rings. The smallest absolute Gasteiger partial charge is 0.0613 e. The first-order chi connectivity index (χ1) is 10.1. The maximum atomic E-state index is 9.83. The van der Waals surface area contributed by atoms with Crippen molar-refractivity contribution in [2.24, 2.45) is 5.92 Å². The fourth-order valence-electron chi connectivity index (χ4n) is 4.03. The van der Waals surface area contributed by atoms with Crippen LogP contribution < -0.4 is 5.32 Å². The predicted octanol–water partition coefficient (Wildman–Crippen LogP) is 3.17. The molecule has 0 amide bonds. The molecule has 0 aliphatic heterocycles. The van der Waals surface area contributed by atoms with Gasteiger partial charge in [-0.2, -0.15) is 0 Å². The standard InChI is InChI=1S/C18H36N2O/c1-4-18(14-21,19-16-10-11-16)12-7-13-20(3)17-9-6-5-8-15(17)2/h15-17,19,21H,4-14H2,1-3H3. The number of nitrogens with one attached hydrogen (secondary N) is 1. The Balaban J connectivity index is 1.75. The van der Waals surface area contributed by atoms with E-state index >= 15 is 0 Å². The van der Waals surface area contributed by atoms with Gasteiger partial charge in [0.05, 0.1) is 6.61 Å². The molecule has 2 saturated carbocycles. The Labute approximate surface area is 131 Å². The van der Waals surface area contributed by atoms with E-state index in [1.165, 1.54) is 51.5 Å². The van der Waals surface area contributed by atoms with Gasteiger partial charge in [-0.05, 0) is 64.5 Å². The molecule has 3 atom stereocenters. The zero-order chi connectivity index (χ0) is 15.3. The van der Waals surface area contributed by atoms with Crippen LogP contribution in [0, 0.1) is 5.92 Å². The Morgan fingerprint density at radius 1 is 1.19 bits per heavy atom. The molecule has 0 heterocycles. The number of hydrogen-bond donors (Lipinski definition) is 2. The molecule has 2 rings (SSSR count). The van der Waals surface area contributed by atoms with Crippen molar-refractivity contribution in [2.75, 3.05) is 20.2 Å². The van der Waals surface area contributed by atoms with Gasteiger partial charge in [-0.3, -0.25) is 0 Å². The molecule has 0 radical (unpaired) electrons. The van der Waals surface area contributed by atoms with Gasteiger partial charge in [-0.25, -0.2) is 0 Å². The number of nitrogens with zero attached hydrogens (tertiary/aromatic N) is 1. The monoisotopic (exact) mass is 296 g/mol. The minimum Gasteiger partial charge on any atom is -0.394 e. The van der Waals surface area contributed by atoms with Gasteiger partial charge in [-0.1, -0.05) is 26.7 Å². The fraction of sp³-hybridized carbons (Fsp3) is 1.00. The summed E-state index contributed by atoms with van der Waals surface area (Å²) in [6.07, 6.45) is 11.5. The summed E-state index contributed by atoms with van der Waals surface area (Å²) >= 11 is 0. The van der Waals surface area contributed by atoms with Crippen molar-refractivity contribution in [2.45, 2.75) is 89.3 Å². The molecule has 124 valence electrons. The molecule has 2 fully saturated rings. The third-order valence-electron chi connectivity index (χ3n) is 5.87. The lowest BCUT2D eigenvalue weighted by Gasteiger charge is -2.37. The van der Waals surface area contributed by atoms with E-state index in [0.29, 0.717) is 6.04 Å². The highest BCUT2D eigenvalue weighted by Gasteiger charge is 2.34. The molecule has 0 spiro atoms. The third kappa shape index (κ3) is 4.94. The van der Waals surface area contributed by atoms with E-state index in [-0.39, 0.29) is 12.1 Å². The Bertz CT molecular complexity index is 300. The van der Waals surface area contributed by atoms with Crippen LogP contribution in [0.2, 0.25) is 0 Å². The molecule has 21 heavy (non-hydrogen) atoms. The summed E-state index contributed by atoms with van der Waals surface area (Å²) in [4.78, 5) is 2.58. The van der Waals surface area contributed by atoms with Crippen LogP contribution in [-0.2, 0) is 0 Å². The normalized spacial score (nSPS) is 29.6. The minimum absolute atomic E-state index is 0.0276. The highest BCUT2D eigenvalue weighted by atomic mass is 16.3. The molecule has 2 N–H and O–H groups in total. The zero-order valence-corrected chi connectivity index (χ0v) is 14.4. The lowest BCUT2D eigenvalue weighted by Crippen LogP contribution is -2.49. The van der Waals surface area contributed by atoms with Crippen LogP contribution in [0.1, 0.15) is 71.6 Å². The number of hydrogen-bond acceptors (Lipinski definition) is 3. The number of aliphatic hydroxyl groups is 1. The van der Waals surface area contributed by atoms with Gasteiger partial charge in [0.2, 0.25) is 0 Å². The topological polar surface area (TPSA) is 35.5 Å². The van der Waals surface area contributed by atoms with Crippen LogP contribution in [0.15, 0.2) is 0 Å².